The SMILES string of the molecule is CC(C)N1CC2CCC(C1)N2c1ncc(C2CCN([C@H]3CC4(C[C@H](C(C)C)C4)C3)CC2)cn1. The minimum absolute atomic E-state index is 0.595. The molecule has 3 saturated heterocycles. The topological polar surface area (TPSA) is 35.5 Å². The summed E-state index contributed by atoms with van der Waals surface area (Å²) in [6.45, 7) is 14.3. The van der Waals surface area contributed by atoms with Gasteiger partial charge >= 0.3 is 0 Å². The molecular weight excluding hydrogens is 406 g/mol. The molecule has 0 aromatic carbocycles. The number of hydrogen-bond donors (Lipinski definition) is 0. The Morgan fingerprint density at radius 3 is 1.97 bits per heavy atom. The fraction of sp³-hybridized carbons (Fsp3) is 0.857. The minimum Gasteiger partial charge on any atom is -0.332 e. The van der Waals surface area contributed by atoms with Crippen molar-refractivity contribution in [1.29, 1.82) is 0 Å². The Morgan fingerprint density at radius 1 is 0.818 bits per heavy atom. The van der Waals surface area contributed by atoms with E-state index < -0.39 is 0 Å². The zero-order chi connectivity index (χ0) is 22.7. The molecule has 4 heterocycles. The van der Waals surface area contributed by atoms with Gasteiger partial charge in [-0.05, 0) is 107 Å². The van der Waals surface area contributed by atoms with Gasteiger partial charge in [0.05, 0.1) is 0 Å². The number of aromatic nitrogens is 2. The van der Waals surface area contributed by atoms with Crippen LogP contribution in [0.1, 0.15) is 90.5 Å². The van der Waals surface area contributed by atoms with E-state index in [2.05, 4.69) is 54.8 Å². The van der Waals surface area contributed by atoms with Gasteiger partial charge in [-0.25, -0.2) is 9.97 Å². The van der Waals surface area contributed by atoms with Crippen LogP contribution in [0.2, 0.25) is 0 Å². The van der Waals surface area contributed by atoms with E-state index in [9.17, 15) is 0 Å². The van der Waals surface area contributed by atoms with Crippen LogP contribution < -0.4 is 4.90 Å². The smallest absolute Gasteiger partial charge is 0.225 e. The maximum atomic E-state index is 4.91. The van der Waals surface area contributed by atoms with Crippen LogP contribution in [-0.2, 0) is 0 Å². The molecule has 2 aliphatic carbocycles. The van der Waals surface area contributed by atoms with Crippen molar-refractivity contribution in [2.45, 2.75) is 109 Å². The van der Waals surface area contributed by atoms with Crippen molar-refractivity contribution >= 4 is 5.95 Å². The first-order chi connectivity index (χ1) is 15.9. The van der Waals surface area contributed by atoms with Crippen LogP contribution in [0.5, 0.6) is 0 Å². The maximum Gasteiger partial charge on any atom is 0.225 e. The summed E-state index contributed by atoms with van der Waals surface area (Å²) in [5.74, 6) is 3.52. The summed E-state index contributed by atoms with van der Waals surface area (Å²) in [6.07, 6.45) is 15.4. The fourth-order valence-electron chi connectivity index (χ4n) is 8.01. The number of nitrogens with zero attached hydrogens (tertiary/aromatic N) is 5. The lowest BCUT2D eigenvalue weighted by atomic mass is 9.48. The van der Waals surface area contributed by atoms with Crippen molar-refractivity contribution in [3.8, 4) is 0 Å². The number of piperidine rings is 1. The van der Waals surface area contributed by atoms with Crippen LogP contribution in [0.3, 0.4) is 0 Å². The van der Waals surface area contributed by atoms with Crippen molar-refractivity contribution in [2.24, 2.45) is 17.3 Å². The van der Waals surface area contributed by atoms with Gasteiger partial charge in [-0.15, -0.1) is 0 Å². The molecule has 3 aliphatic heterocycles. The first-order valence-corrected chi connectivity index (χ1v) is 14.0. The van der Waals surface area contributed by atoms with Gasteiger partial charge in [0, 0.05) is 49.7 Å². The van der Waals surface area contributed by atoms with Gasteiger partial charge in [0.2, 0.25) is 5.95 Å². The summed E-state index contributed by atoms with van der Waals surface area (Å²) >= 11 is 0. The van der Waals surface area contributed by atoms with Crippen molar-refractivity contribution in [1.82, 2.24) is 19.8 Å². The molecule has 6 rings (SSSR count). The van der Waals surface area contributed by atoms with E-state index in [-0.39, 0.29) is 0 Å². The maximum absolute atomic E-state index is 4.91. The standard InChI is InChI=1S/C28H45N5/c1-19(2)22-11-28(12-22)13-26(14-28)31-9-7-21(8-10-31)23-15-29-27(30-16-23)33-24-5-6-25(33)18-32(17-24)20(3)4/h15-16,19-22,24-26H,5-14,17-18H2,1-4H3/t22-,24?,25?,26-,28?. The van der Waals surface area contributed by atoms with Crippen molar-refractivity contribution < 1.29 is 0 Å². The average Bonchev–Trinajstić information content (AvgIpc) is 3.01. The monoisotopic (exact) mass is 451 g/mol. The Labute approximate surface area is 201 Å². The first-order valence-electron chi connectivity index (χ1n) is 14.0. The Balaban J connectivity index is 1.00. The summed E-state index contributed by atoms with van der Waals surface area (Å²) in [6, 6.07) is 2.70. The average molecular weight is 452 g/mol. The molecule has 2 unspecified atom stereocenters. The van der Waals surface area contributed by atoms with E-state index in [0.717, 1.165) is 42.3 Å². The molecule has 5 aliphatic rings. The third-order valence-corrected chi connectivity index (χ3v) is 10.3. The number of fused-ring (bicyclic) bond motifs is 2. The third-order valence-electron chi connectivity index (χ3n) is 10.3. The number of rotatable bonds is 5. The van der Waals surface area contributed by atoms with Gasteiger partial charge in [-0.1, -0.05) is 13.8 Å². The highest BCUT2D eigenvalue weighted by Crippen LogP contribution is 2.61. The van der Waals surface area contributed by atoms with Gasteiger partial charge in [0.1, 0.15) is 0 Å². The van der Waals surface area contributed by atoms with E-state index in [1.807, 2.05) is 0 Å². The Morgan fingerprint density at radius 2 is 1.42 bits per heavy atom. The Bertz CT molecular complexity index is 799. The number of likely N-dealkylation sites (tertiary alicyclic amines) is 2. The molecule has 0 amide bonds. The van der Waals surface area contributed by atoms with Crippen molar-refractivity contribution in [2.75, 3.05) is 31.1 Å². The van der Waals surface area contributed by atoms with Gasteiger partial charge in [-0.2, -0.15) is 0 Å². The fourth-order valence-corrected chi connectivity index (χ4v) is 8.01. The molecule has 182 valence electrons. The molecule has 0 N–H and O–H groups in total. The second kappa shape index (κ2) is 8.48. The lowest BCUT2D eigenvalue weighted by Crippen LogP contribution is -2.58. The zero-order valence-corrected chi connectivity index (χ0v) is 21.4. The van der Waals surface area contributed by atoms with E-state index in [1.54, 1.807) is 0 Å². The molecule has 1 aromatic rings. The largest absolute Gasteiger partial charge is 0.332 e. The minimum atomic E-state index is 0.595. The second-order valence-electron chi connectivity index (χ2n) is 12.9. The molecule has 1 spiro atoms. The van der Waals surface area contributed by atoms with Gasteiger partial charge in [-0.3, -0.25) is 4.90 Å². The summed E-state index contributed by atoms with van der Waals surface area (Å²) in [5.41, 5.74) is 2.12. The third kappa shape index (κ3) is 4.01. The quantitative estimate of drug-likeness (QED) is 0.634. The number of piperazine rings is 1. The van der Waals surface area contributed by atoms with Crippen LogP contribution in [0, 0.1) is 17.3 Å². The van der Waals surface area contributed by atoms with Gasteiger partial charge in [0.25, 0.3) is 0 Å². The summed E-state index contributed by atoms with van der Waals surface area (Å²) in [4.78, 5) is 17.8. The van der Waals surface area contributed by atoms with Crippen LogP contribution in [0.15, 0.2) is 12.4 Å². The van der Waals surface area contributed by atoms with Crippen molar-refractivity contribution in [3.05, 3.63) is 18.0 Å². The number of anilines is 1. The first kappa shape index (κ1) is 22.3. The second-order valence-corrected chi connectivity index (χ2v) is 12.9. The number of hydrogen-bond acceptors (Lipinski definition) is 5. The summed E-state index contributed by atoms with van der Waals surface area (Å²) < 4.78 is 0. The molecule has 5 nitrogen and oxygen atoms in total. The molecule has 2 atom stereocenters. The summed E-state index contributed by atoms with van der Waals surface area (Å²) in [5, 5.41) is 0. The zero-order valence-electron chi connectivity index (χ0n) is 21.4. The van der Waals surface area contributed by atoms with Gasteiger partial charge < -0.3 is 9.80 Å². The summed E-state index contributed by atoms with van der Waals surface area (Å²) in [7, 11) is 0. The normalized spacial score (nSPS) is 37.7. The highest BCUT2D eigenvalue weighted by molar-refractivity contribution is 5.38. The van der Waals surface area contributed by atoms with Gasteiger partial charge in [0.15, 0.2) is 0 Å². The molecule has 5 fully saturated rings. The molecule has 1 aromatic heterocycles. The van der Waals surface area contributed by atoms with E-state index in [4.69, 9.17) is 9.97 Å². The lowest BCUT2D eigenvalue weighted by molar-refractivity contribution is -0.104. The van der Waals surface area contributed by atoms with E-state index in [1.165, 1.54) is 70.0 Å². The molecular formula is C28H45N5. The van der Waals surface area contributed by atoms with E-state index >= 15 is 0 Å². The predicted molar refractivity (Wildman–Crippen MR) is 135 cm³/mol. The Hall–Kier alpha value is -1.20. The molecule has 2 bridgehead atoms. The Kier molecular flexibility index (Phi) is 5.72. The van der Waals surface area contributed by atoms with Crippen LogP contribution in [-0.4, -0.2) is 70.1 Å². The van der Waals surface area contributed by atoms with Crippen LogP contribution in [0.4, 0.5) is 5.95 Å². The van der Waals surface area contributed by atoms with Crippen molar-refractivity contribution in [3.63, 3.8) is 0 Å². The van der Waals surface area contributed by atoms with E-state index in [0.29, 0.717) is 24.0 Å². The molecule has 0 radical (unpaired) electrons. The molecule has 5 heteroatoms. The van der Waals surface area contributed by atoms with Crippen LogP contribution in [0.25, 0.3) is 0 Å². The highest BCUT2D eigenvalue weighted by atomic mass is 15.4. The highest BCUT2D eigenvalue weighted by Gasteiger charge is 2.54. The molecule has 33 heavy (non-hydrogen) atoms. The predicted octanol–water partition coefficient (Wildman–Crippen LogP) is 4.93. The van der Waals surface area contributed by atoms with Crippen LogP contribution >= 0.6 is 0 Å². The lowest BCUT2D eigenvalue weighted by Gasteiger charge is -2.61. The molecule has 2 saturated carbocycles.